The van der Waals surface area contributed by atoms with E-state index in [1.54, 1.807) is 0 Å². The Morgan fingerprint density at radius 3 is 2.31 bits per heavy atom. The molecule has 9 saturated heterocycles. The molecule has 0 aromatic carbocycles. The summed E-state index contributed by atoms with van der Waals surface area (Å²) >= 11 is 4.11. The molecule has 14 heteroatoms. The van der Waals surface area contributed by atoms with Crippen LogP contribution < -0.4 is 0 Å². The highest BCUT2D eigenvalue weighted by Crippen LogP contribution is 2.55. The smallest absolute Gasteiger partial charge is 0.308 e. The molecule has 58 heavy (non-hydrogen) atoms. The van der Waals surface area contributed by atoms with Crippen LogP contribution in [0, 0.1) is 17.8 Å². The molecule has 10 bridgehead atoms. The zero-order chi connectivity index (χ0) is 40.7. The lowest BCUT2D eigenvalue weighted by atomic mass is 9.76. The van der Waals surface area contributed by atoms with Crippen LogP contribution in [0.5, 0.6) is 0 Å². The van der Waals surface area contributed by atoms with E-state index in [1.807, 2.05) is 20.8 Å². The highest BCUT2D eigenvalue weighted by atomic mass is 32.1. The molecule has 9 aliphatic rings. The van der Waals surface area contributed by atoms with Crippen molar-refractivity contribution in [2.24, 2.45) is 17.8 Å². The highest BCUT2D eigenvalue weighted by Gasteiger charge is 2.67. The van der Waals surface area contributed by atoms with Crippen molar-refractivity contribution < 1.29 is 61.5 Å². The van der Waals surface area contributed by atoms with Gasteiger partial charge < -0.3 is 56.7 Å². The number of thiol groups is 1. The molecule has 9 rings (SSSR count). The fourth-order valence-electron chi connectivity index (χ4n) is 12.0. The second-order valence-electron chi connectivity index (χ2n) is 19.3. The van der Waals surface area contributed by atoms with Gasteiger partial charge in [-0.25, -0.2) is 0 Å². The van der Waals surface area contributed by atoms with Gasteiger partial charge in [0.2, 0.25) is 0 Å². The first kappa shape index (κ1) is 41.9. The second-order valence-corrected chi connectivity index (χ2v) is 19.5. The minimum absolute atomic E-state index is 0.0235. The quantitative estimate of drug-likeness (QED) is 0.125. The summed E-state index contributed by atoms with van der Waals surface area (Å²) in [6.07, 6.45) is 2.54. The van der Waals surface area contributed by atoms with Crippen molar-refractivity contribution in [2.75, 3.05) is 0 Å². The Labute approximate surface area is 348 Å². The van der Waals surface area contributed by atoms with Crippen LogP contribution >= 0.6 is 12.9 Å². The maximum atomic E-state index is 14.1. The zero-order valence-corrected chi connectivity index (χ0v) is 35.3. The van der Waals surface area contributed by atoms with Crippen LogP contribution in [0.2, 0.25) is 0 Å². The van der Waals surface area contributed by atoms with Gasteiger partial charge in [-0.3, -0.25) is 4.79 Å². The Kier molecular flexibility index (Phi) is 11.8. The zero-order valence-electron chi connectivity index (χ0n) is 34.4. The van der Waals surface area contributed by atoms with Gasteiger partial charge in [-0.15, -0.1) is 0 Å². The summed E-state index contributed by atoms with van der Waals surface area (Å²) < 4.78 is 66.2. The van der Waals surface area contributed by atoms with Gasteiger partial charge in [0.1, 0.15) is 30.7 Å². The summed E-state index contributed by atoms with van der Waals surface area (Å²) in [7, 11) is 0. The number of hydrogen-bond acceptors (Lipinski definition) is 14. The summed E-state index contributed by atoms with van der Waals surface area (Å²) in [5.41, 5.74) is 0.938. The summed E-state index contributed by atoms with van der Waals surface area (Å²) in [4.78, 5) is 25.7. The van der Waals surface area contributed by atoms with Crippen molar-refractivity contribution in [1.29, 1.82) is 0 Å². The van der Waals surface area contributed by atoms with Gasteiger partial charge in [0.25, 0.3) is 0 Å². The van der Waals surface area contributed by atoms with Gasteiger partial charge in [0, 0.05) is 43.9 Å². The number of carbonyl (C=O) groups is 2. The van der Waals surface area contributed by atoms with Crippen molar-refractivity contribution in [2.45, 2.75) is 220 Å². The van der Waals surface area contributed by atoms with E-state index in [4.69, 9.17) is 46.8 Å². The lowest BCUT2D eigenvalue weighted by Crippen LogP contribution is -2.62. The fourth-order valence-corrected chi connectivity index (χ4v) is 12.3. The Balaban J connectivity index is 1.01. The average molecular weight is 833 g/mol. The molecule has 9 heterocycles. The number of aliphatic hydroxyl groups is 1. The van der Waals surface area contributed by atoms with Gasteiger partial charge in [-0.2, -0.15) is 0 Å². The standard InChI is InChI=1S/C44H64O13S/c1-21-15-26-7-9-29-22(2)16-28(48-29)11-13-44-25(5)43(6,47)42(56-44)37-20-36(55-44)41-31(51-37)10-8-27(50-41)17-38(46)54-40-24(4)39-35(19-33(57-58)30(53-39)12-14-45)52-34(40)18-32(49-26)23(21)3/h14,21,24-37,39-42,47,58H,2-3,7-13,15-20H2,1,4-6H3/t21-,24+,25-,26+,27-,28+,29+,30-,31+,32?,33-,34+,35+,36-,37?,39+,40-,41+,42+,43?,44-/m1/s1. The van der Waals surface area contributed by atoms with Crippen LogP contribution in [0.4, 0.5) is 0 Å². The Morgan fingerprint density at radius 1 is 0.776 bits per heavy atom. The van der Waals surface area contributed by atoms with E-state index in [-0.39, 0.29) is 85.4 Å². The molecule has 9 aliphatic heterocycles. The molecule has 0 amide bonds. The van der Waals surface area contributed by atoms with Crippen LogP contribution in [0.25, 0.3) is 0 Å². The molecule has 9 fully saturated rings. The van der Waals surface area contributed by atoms with Gasteiger partial charge in [0.15, 0.2) is 5.79 Å². The van der Waals surface area contributed by atoms with E-state index < -0.39 is 60.2 Å². The largest absolute Gasteiger partial charge is 0.459 e. The molecule has 0 aromatic rings. The van der Waals surface area contributed by atoms with Crippen molar-refractivity contribution in [3.63, 3.8) is 0 Å². The Morgan fingerprint density at radius 2 is 1.52 bits per heavy atom. The van der Waals surface area contributed by atoms with Gasteiger partial charge in [0.05, 0.1) is 85.3 Å². The SMILES string of the molecule is C=C1C2C[C@@H]3O[C@H]4C[C@@H](OS)[C@@H](CC=O)O[C@H]4[C@H](C)[C@H]3OC(=O)C[C@H]3CC[C@@H]4OC5C[C@@H](O[C@]6(CC[C@H]7CC(=C)[C@H](CC[C@@H](C[C@H]1C)O2)O7)O[C@@H]5C(C)(O)[C@H]6C)[C@H]4O3. The highest BCUT2D eigenvalue weighted by molar-refractivity contribution is 7.75. The Hall–Kier alpha value is -1.43. The molecular formula is C44H64O13S. The molecule has 13 nitrogen and oxygen atoms in total. The van der Waals surface area contributed by atoms with Crippen molar-refractivity contribution >= 4 is 25.2 Å². The topological polar surface area (TPSA) is 147 Å². The number of fused-ring (bicyclic) bond motifs is 10. The summed E-state index contributed by atoms with van der Waals surface area (Å²) in [6.45, 7) is 17.0. The van der Waals surface area contributed by atoms with E-state index in [9.17, 15) is 14.7 Å². The number of carbonyl (C=O) groups excluding carboxylic acids is 2. The summed E-state index contributed by atoms with van der Waals surface area (Å²) in [6, 6.07) is 0. The first-order chi connectivity index (χ1) is 27.8. The fraction of sp³-hybridized carbons (Fsp3) is 0.864. The van der Waals surface area contributed by atoms with E-state index in [1.165, 1.54) is 0 Å². The molecule has 0 aromatic heterocycles. The van der Waals surface area contributed by atoms with Crippen LogP contribution in [0.1, 0.15) is 111 Å². The van der Waals surface area contributed by atoms with Crippen molar-refractivity contribution in [3.05, 3.63) is 24.3 Å². The second kappa shape index (κ2) is 16.4. The Bertz CT molecular complexity index is 1570. The van der Waals surface area contributed by atoms with Gasteiger partial charge in [-0.1, -0.05) is 33.9 Å². The number of aldehydes is 1. The van der Waals surface area contributed by atoms with Crippen LogP contribution in [0.15, 0.2) is 24.3 Å². The van der Waals surface area contributed by atoms with E-state index in [0.29, 0.717) is 44.9 Å². The maximum Gasteiger partial charge on any atom is 0.308 e. The first-order valence-corrected chi connectivity index (χ1v) is 22.4. The predicted octanol–water partition coefficient (Wildman–Crippen LogP) is 5.28. The molecule has 1 N–H and O–H groups in total. The molecule has 0 aliphatic carbocycles. The third kappa shape index (κ3) is 7.60. The molecule has 0 saturated carbocycles. The molecular weight excluding hydrogens is 769 g/mol. The third-order valence-electron chi connectivity index (χ3n) is 15.6. The summed E-state index contributed by atoms with van der Waals surface area (Å²) in [5.74, 6) is -1.82. The number of rotatable bonds is 3. The number of hydrogen-bond donors (Lipinski definition) is 2. The van der Waals surface area contributed by atoms with Crippen LogP contribution in [0.3, 0.4) is 0 Å². The normalized spacial score (nSPS) is 53.4. The number of esters is 1. The minimum atomic E-state index is -1.16. The number of ether oxygens (including phenoxy) is 9. The predicted molar refractivity (Wildman–Crippen MR) is 211 cm³/mol. The van der Waals surface area contributed by atoms with E-state index in [0.717, 1.165) is 43.1 Å². The first-order valence-electron chi connectivity index (χ1n) is 22.1. The molecule has 21 atom stereocenters. The summed E-state index contributed by atoms with van der Waals surface area (Å²) in [5, 5.41) is 11.9. The maximum absolute atomic E-state index is 14.1. The van der Waals surface area contributed by atoms with Crippen molar-refractivity contribution in [1.82, 2.24) is 0 Å². The van der Waals surface area contributed by atoms with Crippen molar-refractivity contribution in [3.8, 4) is 0 Å². The van der Waals surface area contributed by atoms with Crippen LogP contribution in [-0.4, -0.2) is 126 Å². The average Bonchev–Trinajstić information content (AvgIpc) is 3.59. The molecule has 1 spiro atoms. The monoisotopic (exact) mass is 832 g/mol. The molecule has 0 radical (unpaired) electrons. The van der Waals surface area contributed by atoms with Gasteiger partial charge in [-0.05, 0) is 81.8 Å². The van der Waals surface area contributed by atoms with E-state index >= 15 is 0 Å². The van der Waals surface area contributed by atoms with E-state index in [2.05, 4.69) is 33.0 Å². The molecule has 324 valence electrons. The minimum Gasteiger partial charge on any atom is -0.459 e. The van der Waals surface area contributed by atoms with Crippen LogP contribution in [-0.2, 0) is 56.4 Å². The lowest BCUT2D eigenvalue weighted by molar-refractivity contribution is -0.293. The molecule has 3 unspecified atom stereocenters. The third-order valence-corrected chi connectivity index (χ3v) is 15.9. The van der Waals surface area contributed by atoms with Gasteiger partial charge >= 0.3 is 5.97 Å². The lowest BCUT2D eigenvalue weighted by Gasteiger charge is -2.51.